The van der Waals surface area contributed by atoms with E-state index >= 15 is 0 Å². The van der Waals surface area contributed by atoms with Crippen LogP contribution in [0.1, 0.15) is 16.7 Å². The lowest BCUT2D eigenvalue weighted by Crippen LogP contribution is -2.16. The van der Waals surface area contributed by atoms with Gasteiger partial charge in [0.15, 0.2) is 0 Å². The first-order valence-corrected chi connectivity index (χ1v) is 8.32. The van der Waals surface area contributed by atoms with Gasteiger partial charge in [0.25, 0.3) is 15.8 Å². The molecule has 2 aromatic carbocycles. The van der Waals surface area contributed by atoms with Crippen molar-refractivity contribution in [3.05, 3.63) is 68.2 Å². The van der Waals surface area contributed by atoms with Crippen molar-refractivity contribution < 1.29 is 31.1 Å². The molecular weight excluding hydrogens is 387 g/mol. The van der Waals surface area contributed by atoms with Crippen LogP contribution in [0.15, 0.2) is 41.3 Å². The normalized spacial score (nSPS) is 12.2. The molecule has 2 aromatic rings. The summed E-state index contributed by atoms with van der Waals surface area (Å²) in [5.74, 6) is 0. The molecule has 2 rings (SSSR count). The summed E-state index contributed by atoms with van der Waals surface area (Å²) in [5, 5.41) is 10.6. The fourth-order valence-electron chi connectivity index (χ4n) is 2.34. The van der Waals surface area contributed by atoms with Crippen molar-refractivity contribution in [3.63, 3.8) is 0 Å². The van der Waals surface area contributed by atoms with Gasteiger partial charge in [-0.25, -0.2) is 0 Å². The van der Waals surface area contributed by atoms with Crippen LogP contribution in [0.25, 0.3) is 0 Å². The van der Waals surface area contributed by atoms with Gasteiger partial charge in [-0.2, -0.15) is 21.6 Å². The Hall–Kier alpha value is -2.17. The maximum atomic E-state index is 13.1. The molecule has 0 atom stereocenters. The Morgan fingerprint density at radius 3 is 2.28 bits per heavy atom. The smallest absolute Gasteiger partial charge is 0.282 e. The molecular formula is C14H9ClF3NO5S. The highest BCUT2D eigenvalue weighted by Crippen LogP contribution is 2.39. The number of nitro benzene ring substituents is 1. The predicted octanol–water partition coefficient (Wildman–Crippen LogP) is 4.10. The number of benzene rings is 2. The summed E-state index contributed by atoms with van der Waals surface area (Å²) in [4.78, 5) is 8.89. The monoisotopic (exact) mass is 395 g/mol. The number of nitrogens with zero attached hydrogens (tertiary/aromatic N) is 1. The summed E-state index contributed by atoms with van der Waals surface area (Å²) >= 11 is 5.64. The first-order valence-electron chi connectivity index (χ1n) is 6.50. The van der Waals surface area contributed by atoms with Gasteiger partial charge < -0.3 is 0 Å². The van der Waals surface area contributed by atoms with E-state index in [9.17, 15) is 36.3 Å². The SMILES string of the molecule is O=[N+]([O-])c1ccccc1Cc1cc(Cl)cc(C(F)(F)F)c1S(=O)(=O)O. The van der Waals surface area contributed by atoms with Crippen LogP contribution in [0.2, 0.25) is 5.02 Å². The van der Waals surface area contributed by atoms with Crippen molar-refractivity contribution in [1.29, 1.82) is 0 Å². The molecule has 0 aliphatic heterocycles. The molecule has 0 aromatic heterocycles. The topological polar surface area (TPSA) is 97.5 Å². The lowest BCUT2D eigenvalue weighted by atomic mass is 10.0. The van der Waals surface area contributed by atoms with Crippen molar-refractivity contribution in [1.82, 2.24) is 0 Å². The van der Waals surface area contributed by atoms with E-state index in [-0.39, 0.29) is 5.56 Å². The number of halogens is 4. The maximum absolute atomic E-state index is 13.1. The van der Waals surface area contributed by atoms with E-state index in [1.54, 1.807) is 0 Å². The molecule has 0 amide bonds. The van der Waals surface area contributed by atoms with Gasteiger partial charge >= 0.3 is 6.18 Å². The Bertz CT molecular complexity index is 944. The number of nitro groups is 1. The van der Waals surface area contributed by atoms with E-state index in [2.05, 4.69) is 0 Å². The minimum absolute atomic E-state index is 0.0345. The second-order valence-corrected chi connectivity index (χ2v) is 6.77. The Balaban J connectivity index is 2.75. The van der Waals surface area contributed by atoms with Gasteiger partial charge in [0.1, 0.15) is 4.90 Å². The van der Waals surface area contributed by atoms with Crippen LogP contribution in [-0.2, 0) is 22.7 Å². The number of para-hydroxylation sites is 1. The molecule has 0 heterocycles. The fraction of sp³-hybridized carbons (Fsp3) is 0.143. The zero-order valence-corrected chi connectivity index (χ0v) is 13.7. The number of rotatable bonds is 4. The van der Waals surface area contributed by atoms with E-state index in [4.69, 9.17) is 11.6 Å². The number of hydrogen-bond acceptors (Lipinski definition) is 4. The summed E-state index contributed by atoms with van der Waals surface area (Å²) < 4.78 is 71.7. The lowest BCUT2D eigenvalue weighted by molar-refractivity contribution is -0.385. The Labute approximate surface area is 144 Å². The average molecular weight is 396 g/mol. The minimum Gasteiger partial charge on any atom is -0.282 e. The van der Waals surface area contributed by atoms with Gasteiger partial charge in [-0.1, -0.05) is 29.8 Å². The van der Waals surface area contributed by atoms with E-state index in [1.165, 1.54) is 18.2 Å². The Morgan fingerprint density at radius 2 is 1.76 bits per heavy atom. The molecule has 134 valence electrons. The van der Waals surface area contributed by atoms with Crippen LogP contribution < -0.4 is 0 Å². The molecule has 25 heavy (non-hydrogen) atoms. The number of alkyl halides is 3. The van der Waals surface area contributed by atoms with E-state index in [0.717, 1.165) is 12.1 Å². The summed E-state index contributed by atoms with van der Waals surface area (Å²) in [5.41, 5.74) is -2.59. The molecule has 11 heteroatoms. The van der Waals surface area contributed by atoms with Crippen molar-refractivity contribution in [2.75, 3.05) is 0 Å². The van der Waals surface area contributed by atoms with Crippen LogP contribution in [-0.4, -0.2) is 17.9 Å². The zero-order valence-electron chi connectivity index (χ0n) is 12.1. The third-order valence-electron chi connectivity index (χ3n) is 3.26. The van der Waals surface area contributed by atoms with Crippen LogP contribution in [0.4, 0.5) is 18.9 Å². The molecule has 6 nitrogen and oxygen atoms in total. The summed E-state index contributed by atoms with van der Waals surface area (Å²) in [6.45, 7) is 0. The highest BCUT2D eigenvalue weighted by Gasteiger charge is 2.39. The maximum Gasteiger partial charge on any atom is 0.417 e. The predicted molar refractivity (Wildman–Crippen MR) is 82.2 cm³/mol. The van der Waals surface area contributed by atoms with E-state index < -0.39 is 54.4 Å². The molecule has 0 spiro atoms. The molecule has 1 N–H and O–H groups in total. The van der Waals surface area contributed by atoms with Crippen molar-refractivity contribution >= 4 is 27.4 Å². The van der Waals surface area contributed by atoms with Crippen LogP contribution in [0.5, 0.6) is 0 Å². The number of hydrogen-bond donors (Lipinski definition) is 1. The highest BCUT2D eigenvalue weighted by molar-refractivity contribution is 7.86. The van der Waals surface area contributed by atoms with Crippen molar-refractivity contribution in [2.24, 2.45) is 0 Å². The summed E-state index contributed by atoms with van der Waals surface area (Å²) in [6.07, 6.45) is -5.65. The summed E-state index contributed by atoms with van der Waals surface area (Å²) in [7, 11) is -5.27. The quantitative estimate of drug-likeness (QED) is 0.477. The lowest BCUT2D eigenvalue weighted by Gasteiger charge is -2.16. The molecule has 0 unspecified atom stereocenters. The van der Waals surface area contributed by atoms with Crippen LogP contribution >= 0.6 is 11.6 Å². The van der Waals surface area contributed by atoms with Gasteiger partial charge in [0.2, 0.25) is 0 Å². The second-order valence-electron chi connectivity index (χ2n) is 4.98. The first kappa shape index (κ1) is 19.2. The van der Waals surface area contributed by atoms with Crippen molar-refractivity contribution in [3.8, 4) is 0 Å². The van der Waals surface area contributed by atoms with Crippen LogP contribution in [0.3, 0.4) is 0 Å². The Kier molecular flexibility index (Phi) is 5.07. The van der Waals surface area contributed by atoms with Gasteiger partial charge in [0.05, 0.1) is 10.5 Å². The molecule has 0 aliphatic rings. The van der Waals surface area contributed by atoms with E-state index in [0.29, 0.717) is 6.07 Å². The fourth-order valence-corrected chi connectivity index (χ4v) is 3.50. The minimum atomic E-state index is -5.27. The largest absolute Gasteiger partial charge is 0.417 e. The molecule has 0 saturated heterocycles. The standard InChI is InChI=1S/C14H9ClF3NO5S/c15-10-6-9(5-8-3-1-2-4-12(8)19(20)21)13(25(22,23)24)11(7-10)14(16,17)18/h1-4,6-7H,5H2,(H,22,23,24). The molecule has 0 fully saturated rings. The van der Waals surface area contributed by atoms with Crippen molar-refractivity contribution in [2.45, 2.75) is 17.5 Å². The third-order valence-corrected chi connectivity index (χ3v) is 4.48. The third kappa shape index (κ3) is 4.27. The van der Waals surface area contributed by atoms with Gasteiger partial charge in [-0.3, -0.25) is 14.7 Å². The average Bonchev–Trinajstić information content (AvgIpc) is 2.44. The molecule has 0 bridgehead atoms. The zero-order chi connectivity index (χ0) is 19.0. The summed E-state index contributed by atoms with van der Waals surface area (Å²) in [6, 6.07) is 6.43. The first-order chi connectivity index (χ1) is 11.4. The van der Waals surface area contributed by atoms with Gasteiger partial charge in [-0.15, -0.1) is 0 Å². The van der Waals surface area contributed by atoms with Gasteiger partial charge in [-0.05, 0) is 17.7 Å². The molecule has 0 aliphatic carbocycles. The molecule has 0 radical (unpaired) electrons. The second kappa shape index (κ2) is 6.62. The molecule has 0 saturated carbocycles. The Morgan fingerprint density at radius 1 is 1.16 bits per heavy atom. The van der Waals surface area contributed by atoms with Gasteiger partial charge in [0, 0.05) is 23.1 Å². The van der Waals surface area contributed by atoms with Crippen LogP contribution in [0, 0.1) is 10.1 Å². The van der Waals surface area contributed by atoms with E-state index in [1.807, 2.05) is 0 Å². The highest BCUT2D eigenvalue weighted by atomic mass is 35.5.